The Balaban J connectivity index is -0.000000328. The molecule has 1 aromatic carbocycles. The van der Waals surface area contributed by atoms with Crippen molar-refractivity contribution in [2.24, 2.45) is 0 Å². The molecule has 0 N–H and O–H groups in total. The van der Waals surface area contributed by atoms with E-state index in [-0.39, 0.29) is 0 Å². The first-order valence-electron chi connectivity index (χ1n) is 6.90. The fourth-order valence-corrected chi connectivity index (χ4v) is 1.53. The van der Waals surface area contributed by atoms with Gasteiger partial charge in [-0.2, -0.15) is 0 Å². The third-order valence-corrected chi connectivity index (χ3v) is 2.26. The normalized spacial score (nSPS) is 8.00. The molecular weight excluding hydrogens is 235 g/mol. The topological polar surface area (TPSA) is 0 Å². The van der Waals surface area contributed by atoms with Crippen LogP contribution in [0.1, 0.15) is 52.7 Å². The van der Waals surface area contributed by atoms with Gasteiger partial charge in [0.05, 0.1) is 0 Å². The zero-order valence-corrected chi connectivity index (χ0v) is 14.4. The Kier molecular flexibility index (Phi) is 22.9. The number of hydrogen-bond donors (Lipinski definition) is 0. The molecule has 0 spiro atoms. The van der Waals surface area contributed by atoms with E-state index in [2.05, 4.69) is 47.0 Å². The molecule has 0 heterocycles. The van der Waals surface area contributed by atoms with Crippen LogP contribution in [-0.4, -0.2) is 0 Å². The average molecular weight is 266 g/mol. The summed E-state index contributed by atoms with van der Waals surface area (Å²) in [5, 5.41) is 1.23. The molecule has 0 aliphatic carbocycles. The predicted molar refractivity (Wildman–Crippen MR) is 93.8 cm³/mol. The van der Waals surface area contributed by atoms with Gasteiger partial charge >= 0.3 is 0 Å². The van der Waals surface area contributed by atoms with E-state index in [1.807, 2.05) is 47.6 Å². The van der Waals surface area contributed by atoms with Gasteiger partial charge in [-0.05, 0) is 23.4 Å². The minimum atomic E-state index is 1.23. The highest BCUT2D eigenvalue weighted by atomic mass is 31.0. The smallest absolute Gasteiger partial charge is 0.0156 e. The average Bonchev–Trinajstić information content (AvgIpc) is 2.45. The molecule has 0 aromatic heterocycles. The summed E-state index contributed by atoms with van der Waals surface area (Å²) in [6.45, 7) is 17.7. The summed E-state index contributed by atoms with van der Waals surface area (Å²) in [4.78, 5) is 0. The van der Waals surface area contributed by atoms with Crippen LogP contribution in [0, 0.1) is 6.92 Å². The predicted octanol–water partition coefficient (Wildman–Crippen LogP) is 5.77. The van der Waals surface area contributed by atoms with Crippen LogP contribution in [0.5, 0.6) is 0 Å². The number of rotatable bonds is 2. The van der Waals surface area contributed by atoms with Gasteiger partial charge in [-0.15, -0.1) is 9.24 Å². The minimum Gasteiger partial charge on any atom is -0.105 e. The van der Waals surface area contributed by atoms with Gasteiger partial charge in [0, 0.05) is 0 Å². The first kappa shape index (κ1) is 22.3. The molecule has 0 radical (unpaired) electrons. The maximum absolute atomic E-state index is 3.64. The molecule has 104 valence electrons. The molecule has 0 amide bonds. The Bertz CT molecular complexity index is 291. The molecule has 1 atom stereocenters. The van der Waals surface area contributed by atoms with Gasteiger partial charge in [0.2, 0.25) is 0 Å². The first-order chi connectivity index (χ1) is 8.75. The third kappa shape index (κ3) is 10.3. The maximum Gasteiger partial charge on any atom is -0.0156 e. The van der Waals surface area contributed by atoms with Crippen molar-refractivity contribution in [1.29, 1.82) is 0 Å². The van der Waals surface area contributed by atoms with Crippen LogP contribution < -0.4 is 5.30 Å². The summed E-state index contributed by atoms with van der Waals surface area (Å²) in [7, 11) is 2.73. The fourth-order valence-electron chi connectivity index (χ4n) is 1.10. The van der Waals surface area contributed by atoms with Crippen LogP contribution in [0.15, 0.2) is 36.9 Å². The van der Waals surface area contributed by atoms with Gasteiger partial charge in [-0.1, -0.05) is 84.5 Å². The van der Waals surface area contributed by atoms with Crippen molar-refractivity contribution >= 4 is 20.6 Å². The lowest BCUT2D eigenvalue weighted by atomic mass is 10.1. The molecule has 0 bridgehead atoms. The van der Waals surface area contributed by atoms with Gasteiger partial charge in [-0.3, -0.25) is 0 Å². The lowest BCUT2D eigenvalue weighted by Gasteiger charge is -2.02. The molecule has 0 fully saturated rings. The Labute approximate surface area is 117 Å². The van der Waals surface area contributed by atoms with E-state index < -0.39 is 0 Å². The first-order valence-corrected chi connectivity index (χ1v) is 7.47. The molecule has 1 unspecified atom stereocenters. The molecule has 1 heteroatoms. The second kappa shape index (κ2) is 18.5. The number of benzene rings is 1. The largest absolute Gasteiger partial charge is 0.105 e. The highest BCUT2D eigenvalue weighted by Gasteiger charge is 1.95. The molecule has 0 saturated carbocycles. The Morgan fingerprint density at radius 1 is 1.00 bits per heavy atom. The van der Waals surface area contributed by atoms with Crippen molar-refractivity contribution in [3.8, 4) is 0 Å². The fraction of sp³-hybridized carbons (Fsp3) is 0.412. The van der Waals surface area contributed by atoms with E-state index in [9.17, 15) is 0 Å². The van der Waals surface area contributed by atoms with Crippen molar-refractivity contribution < 1.29 is 0 Å². The summed E-state index contributed by atoms with van der Waals surface area (Å²) >= 11 is 0. The van der Waals surface area contributed by atoms with Crippen LogP contribution in [0.2, 0.25) is 0 Å². The zero-order chi connectivity index (χ0) is 15.0. The lowest BCUT2D eigenvalue weighted by molar-refractivity contribution is 1.47. The monoisotopic (exact) mass is 266 g/mol. The zero-order valence-electron chi connectivity index (χ0n) is 13.2. The van der Waals surface area contributed by atoms with Crippen LogP contribution in [0.4, 0.5) is 0 Å². The Morgan fingerprint density at radius 2 is 1.50 bits per heavy atom. The minimum absolute atomic E-state index is 1.23. The molecule has 0 saturated heterocycles. The molecule has 0 nitrogen and oxygen atoms in total. The highest BCUT2D eigenvalue weighted by Crippen LogP contribution is 2.09. The molecule has 0 aliphatic rings. The van der Waals surface area contributed by atoms with Crippen LogP contribution in [-0.2, 0) is 0 Å². The van der Waals surface area contributed by atoms with Gasteiger partial charge in [0.1, 0.15) is 0 Å². The van der Waals surface area contributed by atoms with Crippen molar-refractivity contribution in [2.75, 3.05) is 0 Å². The van der Waals surface area contributed by atoms with E-state index >= 15 is 0 Å². The van der Waals surface area contributed by atoms with Crippen LogP contribution >= 0.6 is 9.24 Å². The van der Waals surface area contributed by atoms with Gasteiger partial charge in [0.15, 0.2) is 0 Å². The summed E-state index contributed by atoms with van der Waals surface area (Å²) in [6, 6.07) is 6.25. The van der Waals surface area contributed by atoms with Gasteiger partial charge in [0.25, 0.3) is 0 Å². The molecule has 18 heavy (non-hydrogen) atoms. The van der Waals surface area contributed by atoms with Crippen molar-refractivity contribution in [3.05, 3.63) is 48.1 Å². The van der Waals surface area contributed by atoms with Crippen molar-refractivity contribution in [1.82, 2.24) is 0 Å². The second-order valence-electron chi connectivity index (χ2n) is 2.67. The molecule has 1 rings (SSSR count). The Morgan fingerprint density at radius 3 is 1.89 bits per heavy atom. The van der Waals surface area contributed by atoms with Gasteiger partial charge < -0.3 is 0 Å². The van der Waals surface area contributed by atoms with Crippen LogP contribution in [0.3, 0.4) is 0 Å². The van der Waals surface area contributed by atoms with E-state index in [1.54, 1.807) is 6.08 Å². The highest BCUT2D eigenvalue weighted by molar-refractivity contribution is 7.27. The summed E-state index contributed by atoms with van der Waals surface area (Å²) in [5.41, 5.74) is 2.56. The standard InChI is InChI=1S/C11H13P.3C2H6/c1-3-4-7-10-9(2)6-5-8-11(10)12;3*1-2/h3-8H,1,12H2,2H3;3*1-2H3/b7-4-;;;. The SMILES string of the molecule is C=C/C=C\c1c(C)cccc1P.CC.CC.CC. The maximum atomic E-state index is 3.64. The third-order valence-electron chi connectivity index (χ3n) is 1.76. The molecule has 1 aromatic rings. The summed E-state index contributed by atoms with van der Waals surface area (Å²) < 4.78 is 0. The van der Waals surface area contributed by atoms with Gasteiger partial charge in [-0.25, -0.2) is 0 Å². The second-order valence-corrected chi connectivity index (χ2v) is 3.29. The summed E-state index contributed by atoms with van der Waals surface area (Å²) in [6.07, 6.45) is 5.82. The Hall–Kier alpha value is -0.870. The number of allylic oxidation sites excluding steroid dienone is 2. The number of aryl methyl sites for hydroxylation is 1. The quantitative estimate of drug-likeness (QED) is 0.470. The van der Waals surface area contributed by atoms with E-state index in [4.69, 9.17) is 0 Å². The van der Waals surface area contributed by atoms with E-state index in [1.165, 1.54) is 16.4 Å². The molecular formula is C17H31P. The lowest BCUT2D eigenvalue weighted by Crippen LogP contribution is -1.97. The number of hydrogen-bond acceptors (Lipinski definition) is 0. The van der Waals surface area contributed by atoms with E-state index in [0.717, 1.165) is 0 Å². The van der Waals surface area contributed by atoms with Crippen LogP contribution in [0.25, 0.3) is 6.08 Å². The summed E-state index contributed by atoms with van der Waals surface area (Å²) in [5.74, 6) is 0. The van der Waals surface area contributed by atoms with E-state index in [0.29, 0.717) is 0 Å². The van der Waals surface area contributed by atoms with Crippen molar-refractivity contribution in [2.45, 2.75) is 48.5 Å². The van der Waals surface area contributed by atoms with Crippen molar-refractivity contribution in [3.63, 3.8) is 0 Å². The molecule has 0 aliphatic heterocycles.